The van der Waals surface area contributed by atoms with E-state index in [4.69, 9.17) is 45.1 Å². The zero-order valence-electron chi connectivity index (χ0n) is 12.8. The van der Waals surface area contributed by atoms with E-state index in [1.54, 1.807) is 0 Å². The molecule has 0 radical (unpaired) electrons. The van der Waals surface area contributed by atoms with Gasteiger partial charge in [0.15, 0.2) is 12.6 Å². The van der Waals surface area contributed by atoms with Crippen molar-refractivity contribution in [1.82, 2.24) is 0 Å². The van der Waals surface area contributed by atoms with Gasteiger partial charge in [-0.2, -0.15) is 0 Å². The van der Waals surface area contributed by atoms with Crippen molar-refractivity contribution >= 4 is 28.2 Å². The summed E-state index contributed by atoms with van der Waals surface area (Å²) in [6.07, 6.45) is -9.16. The van der Waals surface area contributed by atoms with Crippen LogP contribution in [-0.4, -0.2) is 101 Å². The largest absolute Gasteiger partial charge is 0.469 e. The third-order valence-corrected chi connectivity index (χ3v) is 3.19. The van der Waals surface area contributed by atoms with Gasteiger partial charge in [-0.3, -0.25) is 9.05 Å². The summed E-state index contributed by atoms with van der Waals surface area (Å²) in [7, 11) is -9.36. The lowest BCUT2D eigenvalue weighted by Crippen LogP contribution is -2.46. The third kappa shape index (κ3) is 15.6. The van der Waals surface area contributed by atoms with Gasteiger partial charge >= 0.3 is 15.6 Å². The quantitative estimate of drug-likeness (QED) is 0.110. The van der Waals surface area contributed by atoms with Gasteiger partial charge in [0.1, 0.15) is 30.5 Å². The molecule has 156 valence electrons. The summed E-state index contributed by atoms with van der Waals surface area (Å²) in [6, 6.07) is 0. The Hall–Kier alpha value is -0.640. The molecule has 0 aromatic rings. The highest BCUT2D eigenvalue weighted by molar-refractivity contribution is 7.46. The molecule has 17 heteroatoms. The zero-order chi connectivity index (χ0) is 21.1. The molecule has 0 aliphatic carbocycles. The van der Waals surface area contributed by atoms with Crippen LogP contribution in [0.2, 0.25) is 0 Å². The molecule has 15 nitrogen and oxygen atoms in total. The lowest BCUT2D eigenvalue weighted by atomic mass is 10.0. The summed E-state index contributed by atoms with van der Waals surface area (Å²) in [6.45, 7) is -1.65. The second-order valence-corrected chi connectivity index (χ2v) is 6.93. The number of aliphatic hydroxyl groups is 5. The molecular weight excluding hydrogens is 410 g/mol. The highest BCUT2D eigenvalue weighted by Crippen LogP contribution is 2.36. The number of phosphoric acid groups is 2. The predicted octanol–water partition coefficient (Wildman–Crippen LogP) is -4.61. The molecular formula is C9H20O15P2. The van der Waals surface area contributed by atoms with Crippen molar-refractivity contribution in [2.24, 2.45) is 0 Å². The molecule has 5 atom stereocenters. The second-order valence-electron chi connectivity index (χ2n) is 4.45. The van der Waals surface area contributed by atoms with Crippen LogP contribution in [0.5, 0.6) is 0 Å². The first kappa shape index (κ1) is 27.6. The van der Waals surface area contributed by atoms with Crippen molar-refractivity contribution in [3.8, 4) is 0 Å². The Balaban J connectivity index is 0. The Labute approximate surface area is 145 Å². The minimum atomic E-state index is -4.80. The second kappa shape index (κ2) is 12.7. The number of hydrogen-bond acceptors (Lipinski definition) is 11. The predicted molar refractivity (Wildman–Crippen MR) is 78.2 cm³/mol. The van der Waals surface area contributed by atoms with Gasteiger partial charge < -0.3 is 54.7 Å². The van der Waals surface area contributed by atoms with E-state index >= 15 is 0 Å². The maximum absolute atomic E-state index is 10.2. The first-order valence-electron chi connectivity index (χ1n) is 6.35. The summed E-state index contributed by atoms with van der Waals surface area (Å²) in [5, 5.41) is 44.4. The van der Waals surface area contributed by atoms with Gasteiger partial charge in [0, 0.05) is 0 Å². The smallest absolute Gasteiger partial charge is 0.388 e. The van der Waals surface area contributed by atoms with Crippen LogP contribution in [0, 0.1) is 0 Å². The SMILES string of the molecule is O=CC(O)COP(=O)(O)O.O=C[C@H](O)[C@@H](O)[C@H](O)[C@H](O)COP(=O)(O)O. The molecule has 0 rings (SSSR count). The lowest BCUT2D eigenvalue weighted by molar-refractivity contribution is -0.136. The Morgan fingerprint density at radius 2 is 1.15 bits per heavy atom. The van der Waals surface area contributed by atoms with E-state index in [2.05, 4.69) is 9.05 Å². The number of aliphatic hydroxyl groups excluding tert-OH is 5. The number of phosphoric ester groups is 2. The fourth-order valence-corrected chi connectivity index (χ4v) is 1.69. The van der Waals surface area contributed by atoms with E-state index < -0.39 is 59.4 Å². The van der Waals surface area contributed by atoms with E-state index in [9.17, 15) is 18.7 Å². The maximum atomic E-state index is 10.2. The number of rotatable bonds is 11. The number of aldehydes is 2. The summed E-state index contributed by atoms with van der Waals surface area (Å²) < 4.78 is 27.7. The van der Waals surface area contributed by atoms with Crippen LogP contribution in [0.1, 0.15) is 0 Å². The van der Waals surface area contributed by atoms with Crippen LogP contribution in [0.3, 0.4) is 0 Å². The average Bonchev–Trinajstić information content (AvgIpc) is 2.54. The van der Waals surface area contributed by atoms with Crippen molar-refractivity contribution in [1.29, 1.82) is 0 Å². The molecule has 0 amide bonds. The Morgan fingerprint density at radius 1 is 0.731 bits per heavy atom. The minimum Gasteiger partial charge on any atom is -0.388 e. The topological polar surface area (TPSA) is 269 Å². The summed E-state index contributed by atoms with van der Waals surface area (Å²) >= 11 is 0. The molecule has 9 N–H and O–H groups in total. The van der Waals surface area contributed by atoms with Crippen LogP contribution in [0.15, 0.2) is 0 Å². The summed E-state index contributed by atoms with van der Waals surface area (Å²) in [5.41, 5.74) is 0. The van der Waals surface area contributed by atoms with E-state index in [0.29, 0.717) is 0 Å². The van der Waals surface area contributed by atoms with Crippen LogP contribution in [0.25, 0.3) is 0 Å². The first-order chi connectivity index (χ1) is 11.6. The van der Waals surface area contributed by atoms with Crippen LogP contribution in [0.4, 0.5) is 0 Å². The van der Waals surface area contributed by atoms with Gasteiger partial charge in [0.25, 0.3) is 0 Å². The normalized spacial score (nSPS) is 17.9. The fourth-order valence-electron chi connectivity index (χ4n) is 0.995. The zero-order valence-corrected chi connectivity index (χ0v) is 14.6. The average molecular weight is 430 g/mol. The van der Waals surface area contributed by atoms with Gasteiger partial charge in [-0.25, -0.2) is 9.13 Å². The molecule has 1 unspecified atom stereocenters. The standard InChI is InChI=1S/C6H13O9P.C3H7O6P/c7-1-3(8)5(10)6(11)4(9)2-15-16(12,13)14;4-1-3(5)2-9-10(6,7)8/h1,3-6,8-11H,2H2,(H2,12,13,14);1,3,5H,2H2,(H2,6,7,8)/t3-,4+,5+,6+;/m0./s1. The number of carbonyl (C=O) groups excluding carboxylic acids is 2. The molecule has 0 saturated heterocycles. The summed E-state index contributed by atoms with van der Waals surface area (Å²) in [5.74, 6) is 0. The van der Waals surface area contributed by atoms with Crippen molar-refractivity contribution in [3.63, 3.8) is 0 Å². The number of hydrogen-bond donors (Lipinski definition) is 9. The monoisotopic (exact) mass is 430 g/mol. The van der Waals surface area contributed by atoms with E-state index in [1.807, 2.05) is 0 Å². The van der Waals surface area contributed by atoms with Gasteiger partial charge in [-0.1, -0.05) is 0 Å². The highest BCUT2D eigenvalue weighted by Gasteiger charge is 2.31. The van der Waals surface area contributed by atoms with E-state index in [1.165, 1.54) is 0 Å². The maximum Gasteiger partial charge on any atom is 0.469 e. The van der Waals surface area contributed by atoms with Gasteiger partial charge in [0.05, 0.1) is 13.2 Å². The molecule has 26 heavy (non-hydrogen) atoms. The third-order valence-electron chi connectivity index (χ3n) is 2.22. The molecule has 0 fully saturated rings. The highest BCUT2D eigenvalue weighted by atomic mass is 31.2. The number of carbonyl (C=O) groups is 2. The first-order valence-corrected chi connectivity index (χ1v) is 9.41. The molecule has 0 aromatic carbocycles. The van der Waals surface area contributed by atoms with Gasteiger partial charge in [-0.05, 0) is 0 Å². The van der Waals surface area contributed by atoms with Crippen LogP contribution >= 0.6 is 15.6 Å². The van der Waals surface area contributed by atoms with Crippen LogP contribution in [-0.2, 0) is 27.8 Å². The van der Waals surface area contributed by atoms with E-state index in [-0.39, 0.29) is 12.6 Å². The van der Waals surface area contributed by atoms with Crippen LogP contribution < -0.4 is 0 Å². The van der Waals surface area contributed by atoms with Crippen molar-refractivity contribution in [2.75, 3.05) is 13.2 Å². The summed E-state index contributed by atoms with van der Waals surface area (Å²) in [4.78, 5) is 52.3. The van der Waals surface area contributed by atoms with E-state index in [0.717, 1.165) is 0 Å². The van der Waals surface area contributed by atoms with Crippen molar-refractivity contribution < 1.29 is 72.9 Å². The van der Waals surface area contributed by atoms with Gasteiger partial charge in [0.2, 0.25) is 0 Å². The molecule has 0 bridgehead atoms. The Kier molecular flexibility index (Phi) is 13.5. The van der Waals surface area contributed by atoms with Crippen molar-refractivity contribution in [2.45, 2.75) is 30.5 Å². The Bertz CT molecular complexity index is 499. The molecule has 0 spiro atoms. The molecule has 0 aliphatic rings. The fraction of sp³-hybridized carbons (Fsp3) is 0.778. The molecule has 0 heterocycles. The minimum absolute atomic E-state index is 0.0650. The molecule has 0 aromatic heterocycles. The lowest BCUT2D eigenvalue weighted by Gasteiger charge is -2.23. The van der Waals surface area contributed by atoms with Gasteiger partial charge in [-0.15, -0.1) is 0 Å². The molecule has 0 aliphatic heterocycles. The Morgan fingerprint density at radius 3 is 1.50 bits per heavy atom. The van der Waals surface area contributed by atoms with Crippen molar-refractivity contribution in [3.05, 3.63) is 0 Å². The molecule has 0 saturated carbocycles.